The molecule has 0 radical (unpaired) electrons. The second-order valence-electron chi connectivity index (χ2n) is 2.49. The van der Waals surface area contributed by atoms with Crippen LogP contribution in [0.15, 0.2) is 0 Å². The fourth-order valence-corrected chi connectivity index (χ4v) is 2.31. The predicted molar refractivity (Wildman–Crippen MR) is 59.3 cm³/mol. The Morgan fingerprint density at radius 2 is 2.24 bits per heavy atom. The molecule has 0 saturated heterocycles. The van der Waals surface area contributed by atoms with Gasteiger partial charge in [0, 0.05) is 0 Å². The Morgan fingerprint density at radius 1 is 1.53 bits per heavy atom. The van der Waals surface area contributed by atoms with E-state index in [9.17, 15) is 4.79 Å². The molecule has 7 heteroatoms. The number of ether oxygens (including phenoxy) is 2. The van der Waals surface area contributed by atoms with Crippen LogP contribution in [0.3, 0.4) is 0 Å². The number of rotatable bonds is 10. The van der Waals surface area contributed by atoms with Crippen LogP contribution in [0.4, 0.5) is 0 Å². The summed E-state index contributed by atoms with van der Waals surface area (Å²) >= 11 is -0.0926. The number of carbonyl (C=O) groups is 1. The van der Waals surface area contributed by atoms with Gasteiger partial charge in [0.25, 0.3) is 0 Å². The number of hydrogen-bond donors (Lipinski definition) is 2. The van der Waals surface area contributed by atoms with Crippen molar-refractivity contribution < 1.29 is 66.6 Å². The van der Waals surface area contributed by atoms with Gasteiger partial charge in [-0.3, -0.25) is 0 Å². The van der Waals surface area contributed by atoms with E-state index in [1.807, 2.05) is 6.92 Å². The van der Waals surface area contributed by atoms with Crippen LogP contribution < -0.4 is 26.5 Å². The monoisotopic (exact) mass is 581 g/mol. The summed E-state index contributed by atoms with van der Waals surface area (Å²) in [6.45, 7) is 3.79. The summed E-state index contributed by atoms with van der Waals surface area (Å²) in [5, 5.41) is 9.67. The number of alkyl halides is 2. The summed E-state index contributed by atoms with van der Waals surface area (Å²) in [4.78, 5) is 11.0. The number of nitrogens with one attached hydrogen (secondary N) is 2. The average Bonchev–Trinajstić information content (AvgIpc) is 2.25. The summed E-state index contributed by atoms with van der Waals surface area (Å²) in [6, 6.07) is 0. The maximum atomic E-state index is 11.0. The molecule has 0 aliphatic carbocycles. The van der Waals surface area contributed by atoms with Crippen molar-refractivity contribution in [3.8, 4) is 0 Å². The molecule has 5 nitrogen and oxygen atoms in total. The van der Waals surface area contributed by atoms with Crippen LogP contribution in [0.5, 0.6) is 0 Å². The number of halogens is 1. The van der Waals surface area contributed by atoms with Crippen LogP contribution in [0.25, 0.3) is 0 Å². The smallest absolute Gasteiger partial charge is 0.358 e. The Hall–Kier alpha value is 0.842. The van der Waals surface area contributed by atoms with E-state index in [0.717, 1.165) is 11.0 Å². The molecular formula is C10H20IN2O3U-. The van der Waals surface area contributed by atoms with Gasteiger partial charge < -0.3 is 7.43 Å². The van der Waals surface area contributed by atoms with Crippen molar-refractivity contribution in [2.24, 2.45) is 0 Å². The second kappa shape index (κ2) is 19.2. The van der Waals surface area contributed by atoms with E-state index in [1.54, 1.807) is 0 Å². The molecule has 17 heavy (non-hydrogen) atoms. The third-order valence-electron chi connectivity index (χ3n) is 1.34. The minimum atomic E-state index is -0.280. The van der Waals surface area contributed by atoms with Crippen molar-refractivity contribution in [1.29, 1.82) is 5.41 Å². The number of esters is 1. The topological polar surface area (TPSA) is 71.4 Å². The number of carbonyl (C=O) groups excluding carboxylic acids is 1. The van der Waals surface area contributed by atoms with Crippen molar-refractivity contribution in [1.82, 2.24) is 5.32 Å². The fraction of sp³-hybridized carbons (Fsp3) is 0.700. The van der Waals surface area contributed by atoms with E-state index in [1.165, 1.54) is 0 Å². The molecule has 0 saturated carbocycles. The van der Waals surface area contributed by atoms with Crippen molar-refractivity contribution in [3.05, 3.63) is 7.43 Å². The quantitative estimate of drug-likeness (QED) is 0.0731. The summed E-state index contributed by atoms with van der Waals surface area (Å²) in [5.41, 5.74) is 0. The van der Waals surface area contributed by atoms with Crippen LogP contribution in [-0.2, 0) is 14.3 Å². The van der Waals surface area contributed by atoms with Gasteiger partial charge in [0.15, 0.2) is 0 Å². The maximum absolute atomic E-state index is 11.0. The van der Waals surface area contributed by atoms with E-state index in [2.05, 4.69) is 11.5 Å². The van der Waals surface area contributed by atoms with E-state index >= 15 is 0 Å². The van der Waals surface area contributed by atoms with Crippen molar-refractivity contribution in [3.63, 3.8) is 0 Å². The first kappa shape index (κ1) is 23.0. The zero-order valence-corrected chi connectivity index (χ0v) is 16.7. The van der Waals surface area contributed by atoms with Crippen molar-refractivity contribution in [2.75, 3.05) is 35.3 Å². The molecule has 0 aromatic rings. The predicted octanol–water partition coefficient (Wildman–Crippen LogP) is -2.82. The average molecular weight is 581 g/mol. The van der Waals surface area contributed by atoms with E-state index in [0.29, 0.717) is 17.8 Å². The molecule has 0 aromatic carbocycles. The third kappa shape index (κ3) is 19.4. The molecule has 100 valence electrons. The second-order valence-corrected chi connectivity index (χ2v) is 5.27. The van der Waals surface area contributed by atoms with Crippen LogP contribution >= 0.6 is 0 Å². The van der Waals surface area contributed by atoms with E-state index in [4.69, 9.17) is 14.9 Å². The molecular weight excluding hydrogens is 561 g/mol. The molecule has 0 unspecified atom stereocenters. The normalized spacial score (nSPS) is 9.00. The molecule has 0 atom stereocenters. The van der Waals surface area contributed by atoms with Gasteiger partial charge in [0.1, 0.15) is 0 Å². The summed E-state index contributed by atoms with van der Waals surface area (Å²) in [5.74, 6) is -0.280. The Labute approximate surface area is 138 Å². The van der Waals surface area contributed by atoms with Gasteiger partial charge in [0.05, 0.1) is 0 Å². The van der Waals surface area contributed by atoms with Crippen LogP contribution in [0, 0.1) is 43.9 Å². The molecule has 0 aliphatic heterocycles. The first-order valence-electron chi connectivity index (χ1n) is 4.68. The Kier molecular flexibility index (Phi) is 25.9. The molecule has 0 fully saturated rings. The molecule has 0 spiro atoms. The maximum Gasteiger partial charge on any atom is 2.00 e. The van der Waals surface area contributed by atoms with Crippen molar-refractivity contribution in [2.45, 2.75) is 6.92 Å². The summed E-state index contributed by atoms with van der Waals surface area (Å²) < 4.78 is 11.4. The molecule has 0 rings (SSSR count). The molecule has 0 amide bonds. The van der Waals surface area contributed by atoms with Gasteiger partial charge in [-0.15, -0.1) is 0 Å². The van der Waals surface area contributed by atoms with Crippen molar-refractivity contribution >= 4 is 12.2 Å². The molecule has 2 N–H and O–H groups in total. The van der Waals surface area contributed by atoms with Gasteiger partial charge in [-0.2, -0.15) is 0 Å². The van der Waals surface area contributed by atoms with Gasteiger partial charge in [-0.25, -0.2) is 0 Å². The Balaban J connectivity index is -0.000000980. The molecule has 0 heterocycles. The van der Waals surface area contributed by atoms with Gasteiger partial charge in [-0.1, -0.05) is 0 Å². The molecule has 0 bridgehead atoms. The zero-order valence-electron chi connectivity index (χ0n) is 10.3. The number of hydrogen-bond acceptors (Lipinski definition) is 5. The fourth-order valence-electron chi connectivity index (χ4n) is 0.666. The minimum Gasteiger partial charge on any atom is -0.358 e. The van der Waals surface area contributed by atoms with Crippen LogP contribution in [0.2, 0.25) is 0 Å². The standard InChI is InChI=1S/C9H17IN2O3.CH3.U/c1-2-14-7-9(13)15-8-10-3-5-12-6-4-11;;/h11-12H,2-3,5-8H2,1H3;1H3;/q-2;-1;+2. The first-order valence-corrected chi connectivity index (χ1v) is 7.73. The minimum absolute atomic E-state index is 0. The van der Waals surface area contributed by atoms with Crippen LogP contribution in [-0.4, -0.2) is 47.5 Å². The molecule has 0 aliphatic rings. The first-order chi connectivity index (χ1) is 7.31. The summed E-state index contributed by atoms with van der Waals surface area (Å²) in [6.07, 6.45) is 2.25. The summed E-state index contributed by atoms with van der Waals surface area (Å²) in [7, 11) is 0. The Bertz CT molecular complexity index is 185. The van der Waals surface area contributed by atoms with E-state index in [-0.39, 0.29) is 72.3 Å². The van der Waals surface area contributed by atoms with Gasteiger partial charge in [0.2, 0.25) is 0 Å². The molecule has 0 aromatic heterocycles. The van der Waals surface area contributed by atoms with Gasteiger partial charge in [-0.05, 0) is 0 Å². The van der Waals surface area contributed by atoms with Gasteiger partial charge >= 0.3 is 132 Å². The SMILES string of the molecule is CCOCC(=O)OC[I-]CCNC[C-]=N.[CH3-].[U+2]. The zero-order chi connectivity index (χ0) is 11.4. The third-order valence-corrected chi connectivity index (χ3v) is 3.39. The van der Waals surface area contributed by atoms with Crippen LogP contribution in [0.1, 0.15) is 6.92 Å². The van der Waals surface area contributed by atoms with E-state index < -0.39 is 0 Å². The Morgan fingerprint density at radius 3 is 2.82 bits per heavy atom. The largest absolute Gasteiger partial charge is 2.00 e.